The van der Waals surface area contributed by atoms with Gasteiger partial charge in [0.2, 0.25) is 0 Å². The molecule has 0 saturated carbocycles. The molecule has 0 bridgehead atoms. The third kappa shape index (κ3) is 4.07. The van der Waals surface area contributed by atoms with Crippen LogP contribution >= 0.6 is 28.3 Å². The van der Waals surface area contributed by atoms with Crippen molar-refractivity contribution in [2.45, 2.75) is 32.7 Å². The molecule has 0 atom stereocenters. The monoisotopic (exact) mass is 426 g/mol. The van der Waals surface area contributed by atoms with Crippen molar-refractivity contribution >= 4 is 34.2 Å². The highest BCUT2D eigenvalue weighted by atomic mass is 79.9. The Hall–Kier alpha value is -1.37. The van der Waals surface area contributed by atoms with Crippen molar-refractivity contribution in [3.63, 3.8) is 0 Å². The average molecular weight is 428 g/mol. The quantitative estimate of drug-likeness (QED) is 0.815. The van der Waals surface area contributed by atoms with Crippen LogP contribution in [0.15, 0.2) is 28.7 Å². The summed E-state index contributed by atoms with van der Waals surface area (Å²) in [6, 6.07) is 8.23. The number of hydrogen-bond acceptors (Lipinski definition) is 3. The molecule has 1 aliphatic rings. The Morgan fingerprint density at radius 2 is 1.80 bits per heavy atom. The van der Waals surface area contributed by atoms with Gasteiger partial charge >= 0.3 is 0 Å². The highest BCUT2D eigenvalue weighted by Crippen LogP contribution is 2.23. The number of carbonyl (C=O) groups excluding carboxylic acids is 1. The van der Waals surface area contributed by atoms with Gasteiger partial charge in [-0.25, -0.2) is 4.68 Å². The molecule has 1 fully saturated rings. The molecule has 1 aromatic carbocycles. The summed E-state index contributed by atoms with van der Waals surface area (Å²) in [6.07, 6.45) is 2.03. The van der Waals surface area contributed by atoms with Crippen molar-refractivity contribution in [1.82, 2.24) is 20.0 Å². The third-order valence-corrected chi connectivity index (χ3v) is 5.90. The van der Waals surface area contributed by atoms with Crippen molar-refractivity contribution in [2.24, 2.45) is 0 Å². The number of rotatable bonds is 3. The molecule has 25 heavy (non-hydrogen) atoms. The van der Waals surface area contributed by atoms with Gasteiger partial charge in [0.15, 0.2) is 0 Å². The molecule has 1 saturated heterocycles. The van der Waals surface area contributed by atoms with E-state index < -0.39 is 0 Å². The maximum absolute atomic E-state index is 12.6. The summed E-state index contributed by atoms with van der Waals surface area (Å²) in [6.45, 7) is 5.63. The minimum Gasteiger partial charge on any atom is -0.339 e. The number of amides is 1. The fourth-order valence-electron chi connectivity index (χ4n) is 3.17. The van der Waals surface area contributed by atoms with Gasteiger partial charge in [-0.2, -0.15) is 5.10 Å². The van der Waals surface area contributed by atoms with Crippen LogP contribution in [0, 0.1) is 13.8 Å². The first-order valence-electron chi connectivity index (χ1n) is 8.30. The Bertz CT molecular complexity index is 736. The number of aromatic nitrogens is 2. The molecular formula is C18H24BrClN4O. The van der Waals surface area contributed by atoms with E-state index in [1.165, 1.54) is 0 Å². The van der Waals surface area contributed by atoms with Crippen LogP contribution in [0.4, 0.5) is 0 Å². The van der Waals surface area contributed by atoms with Crippen LogP contribution in [-0.2, 0) is 0 Å². The summed E-state index contributed by atoms with van der Waals surface area (Å²) in [5, 5.41) is 7.82. The first kappa shape index (κ1) is 19.9. The fourth-order valence-corrected chi connectivity index (χ4v) is 3.42. The summed E-state index contributed by atoms with van der Waals surface area (Å²) < 4.78 is 2.92. The van der Waals surface area contributed by atoms with Crippen LogP contribution < -0.4 is 5.32 Å². The molecule has 2 heterocycles. The number of hydrogen-bond donors (Lipinski definition) is 1. The second kappa shape index (κ2) is 8.34. The number of nitrogens with zero attached hydrogens (tertiary/aromatic N) is 3. The normalized spacial score (nSPS) is 15.1. The molecule has 5 nitrogen and oxygen atoms in total. The van der Waals surface area contributed by atoms with Crippen molar-refractivity contribution in [3.8, 4) is 5.69 Å². The van der Waals surface area contributed by atoms with E-state index in [4.69, 9.17) is 0 Å². The van der Waals surface area contributed by atoms with E-state index in [1.807, 2.05) is 54.7 Å². The van der Waals surface area contributed by atoms with E-state index in [1.54, 1.807) is 0 Å². The molecular weight excluding hydrogens is 404 g/mol. The Kier molecular flexibility index (Phi) is 6.65. The summed E-state index contributed by atoms with van der Waals surface area (Å²) in [4.78, 5) is 14.6. The SMILES string of the molecule is CNC1CCN(C(=O)c2ccc(-n3nc(C)c(Br)c3C)cc2)CC1.Cl. The zero-order valence-corrected chi connectivity index (χ0v) is 17.2. The number of likely N-dealkylation sites (tertiary alicyclic amines) is 1. The van der Waals surface area contributed by atoms with Crippen molar-refractivity contribution < 1.29 is 4.79 Å². The van der Waals surface area contributed by atoms with E-state index >= 15 is 0 Å². The van der Waals surface area contributed by atoms with Crippen LogP contribution in [0.2, 0.25) is 0 Å². The van der Waals surface area contributed by atoms with E-state index in [-0.39, 0.29) is 18.3 Å². The highest BCUT2D eigenvalue weighted by Gasteiger charge is 2.22. The van der Waals surface area contributed by atoms with Gasteiger partial charge in [-0.1, -0.05) is 0 Å². The summed E-state index contributed by atoms with van der Waals surface area (Å²) in [7, 11) is 1.98. The number of aryl methyl sites for hydroxylation is 1. The Morgan fingerprint density at radius 3 is 2.28 bits per heavy atom. The van der Waals surface area contributed by atoms with E-state index in [0.29, 0.717) is 6.04 Å². The lowest BCUT2D eigenvalue weighted by molar-refractivity contribution is 0.0707. The smallest absolute Gasteiger partial charge is 0.253 e. The second-order valence-corrected chi connectivity index (χ2v) is 7.09. The van der Waals surface area contributed by atoms with Gasteiger partial charge in [0.1, 0.15) is 0 Å². The number of piperidine rings is 1. The Balaban J connectivity index is 0.00000225. The zero-order chi connectivity index (χ0) is 17.3. The molecule has 0 unspecified atom stereocenters. The van der Waals surface area contributed by atoms with Gasteiger partial charge in [0, 0.05) is 24.7 Å². The minimum atomic E-state index is 0. The van der Waals surface area contributed by atoms with E-state index in [2.05, 4.69) is 26.3 Å². The van der Waals surface area contributed by atoms with Gasteiger partial charge in [-0.3, -0.25) is 4.79 Å². The lowest BCUT2D eigenvalue weighted by Crippen LogP contribution is -2.43. The standard InChI is InChI=1S/C18H23BrN4O.ClH/c1-12-17(19)13(2)23(21-12)16-6-4-14(5-7-16)18(24)22-10-8-15(20-3)9-11-22;/h4-7,15,20H,8-11H2,1-3H3;1H. The van der Waals surface area contributed by atoms with Crippen molar-refractivity contribution in [2.75, 3.05) is 20.1 Å². The number of carbonyl (C=O) groups is 1. The number of halogens is 2. The largest absolute Gasteiger partial charge is 0.339 e. The van der Waals surface area contributed by atoms with Gasteiger partial charge in [0.05, 0.1) is 21.5 Å². The number of nitrogens with one attached hydrogen (secondary N) is 1. The molecule has 0 aliphatic carbocycles. The van der Waals surface area contributed by atoms with E-state index in [0.717, 1.165) is 53.0 Å². The maximum Gasteiger partial charge on any atom is 0.253 e. The molecule has 1 amide bonds. The predicted octanol–water partition coefficient (Wildman–Crippen LogP) is 3.50. The molecule has 2 aromatic rings. The Morgan fingerprint density at radius 1 is 1.20 bits per heavy atom. The topological polar surface area (TPSA) is 50.2 Å². The van der Waals surface area contributed by atoms with Gasteiger partial charge in [0.25, 0.3) is 5.91 Å². The molecule has 7 heteroatoms. The van der Waals surface area contributed by atoms with Crippen molar-refractivity contribution in [1.29, 1.82) is 0 Å². The summed E-state index contributed by atoms with van der Waals surface area (Å²) >= 11 is 3.55. The summed E-state index contributed by atoms with van der Waals surface area (Å²) in [5.74, 6) is 0.116. The molecule has 1 N–H and O–H groups in total. The lowest BCUT2D eigenvalue weighted by atomic mass is 10.0. The van der Waals surface area contributed by atoms with Crippen LogP contribution in [0.1, 0.15) is 34.6 Å². The van der Waals surface area contributed by atoms with Crippen LogP contribution in [-0.4, -0.2) is 46.8 Å². The predicted molar refractivity (Wildman–Crippen MR) is 106 cm³/mol. The second-order valence-electron chi connectivity index (χ2n) is 6.30. The zero-order valence-electron chi connectivity index (χ0n) is 14.8. The Labute approximate surface area is 163 Å². The summed E-state index contributed by atoms with van der Waals surface area (Å²) in [5.41, 5.74) is 3.72. The molecule has 1 aromatic heterocycles. The molecule has 1 aliphatic heterocycles. The maximum atomic E-state index is 12.6. The highest BCUT2D eigenvalue weighted by molar-refractivity contribution is 9.10. The minimum absolute atomic E-state index is 0. The van der Waals surface area contributed by atoms with Crippen LogP contribution in [0.5, 0.6) is 0 Å². The van der Waals surface area contributed by atoms with Crippen LogP contribution in [0.25, 0.3) is 5.69 Å². The average Bonchev–Trinajstić information content (AvgIpc) is 2.89. The van der Waals surface area contributed by atoms with Crippen molar-refractivity contribution in [3.05, 3.63) is 45.7 Å². The molecule has 136 valence electrons. The lowest BCUT2D eigenvalue weighted by Gasteiger charge is -2.31. The molecule has 3 rings (SSSR count). The molecule has 0 radical (unpaired) electrons. The fraction of sp³-hybridized carbons (Fsp3) is 0.444. The van der Waals surface area contributed by atoms with Gasteiger partial charge in [-0.05, 0) is 73.9 Å². The van der Waals surface area contributed by atoms with Gasteiger partial charge in [-0.15, -0.1) is 12.4 Å². The first-order valence-corrected chi connectivity index (χ1v) is 9.09. The third-order valence-electron chi connectivity index (χ3n) is 4.75. The van der Waals surface area contributed by atoms with Crippen LogP contribution in [0.3, 0.4) is 0 Å². The van der Waals surface area contributed by atoms with E-state index in [9.17, 15) is 4.79 Å². The first-order chi connectivity index (χ1) is 11.5. The number of benzene rings is 1. The van der Waals surface area contributed by atoms with Gasteiger partial charge < -0.3 is 10.2 Å². The molecule has 0 spiro atoms.